The number of hydrogen-bond donors (Lipinski definition) is 3. The summed E-state index contributed by atoms with van der Waals surface area (Å²) in [6.45, 7) is 5.42. The standard InChI is InChI=1S/C22H24N4O5S/c1-4-5-10-31-21(30)19(28)15(17(27)11-13(2)3)12-23-22(32)26-25-18-14-8-6-7-9-16(14)24-20(18)29/h6-9,11-12,24,28-29H,4-5,10H2,1-3H3. The number of carbonyl (C=O) groups excluding carboxylic acids is 2. The summed E-state index contributed by atoms with van der Waals surface area (Å²) < 4.78 is 4.95. The molecule has 32 heavy (non-hydrogen) atoms. The number of aliphatic imine (C=N–C) groups is 1. The number of aromatic nitrogens is 1. The first-order valence-corrected chi connectivity index (χ1v) is 10.2. The van der Waals surface area contributed by atoms with Gasteiger partial charge in [-0.1, -0.05) is 37.1 Å². The minimum Gasteiger partial charge on any atom is -0.501 e. The number of carbonyl (C=O) groups is 2. The lowest BCUT2D eigenvalue weighted by molar-refractivity contribution is -0.142. The van der Waals surface area contributed by atoms with Gasteiger partial charge in [0, 0.05) is 11.6 Å². The van der Waals surface area contributed by atoms with Gasteiger partial charge >= 0.3 is 5.97 Å². The highest BCUT2D eigenvalue weighted by Gasteiger charge is 2.19. The molecule has 0 saturated heterocycles. The van der Waals surface area contributed by atoms with Gasteiger partial charge in [-0.2, -0.15) is 0 Å². The van der Waals surface area contributed by atoms with Crippen LogP contribution >= 0.6 is 12.2 Å². The van der Waals surface area contributed by atoms with Crippen LogP contribution in [0.15, 0.2) is 62.5 Å². The molecule has 1 aromatic heterocycles. The summed E-state index contributed by atoms with van der Waals surface area (Å²) in [6, 6.07) is 7.08. The van der Waals surface area contributed by atoms with Gasteiger partial charge in [0.05, 0.1) is 17.7 Å². The van der Waals surface area contributed by atoms with Gasteiger partial charge in [-0.25, -0.2) is 9.79 Å². The minimum absolute atomic E-state index is 0.112. The molecule has 0 aliphatic carbocycles. The number of unbranched alkanes of at least 4 members (excludes halogenated alkanes) is 1. The Bertz CT molecular complexity index is 1140. The number of hydrogen-bond acceptors (Lipinski definition) is 7. The number of benzene rings is 1. The van der Waals surface area contributed by atoms with Gasteiger partial charge in [-0.05, 0) is 44.6 Å². The van der Waals surface area contributed by atoms with Crippen molar-refractivity contribution in [1.82, 2.24) is 4.98 Å². The number of ether oxygens (including phenoxy) is 1. The fraction of sp³-hybridized carbons (Fsp3) is 0.273. The van der Waals surface area contributed by atoms with E-state index in [0.29, 0.717) is 22.9 Å². The maximum Gasteiger partial charge on any atom is 0.374 e. The Hall–Kier alpha value is -3.66. The fourth-order valence-electron chi connectivity index (χ4n) is 2.52. The molecular weight excluding hydrogens is 432 g/mol. The molecule has 0 atom stereocenters. The van der Waals surface area contributed by atoms with Crippen LogP contribution in [0.5, 0.6) is 5.88 Å². The third-order valence-electron chi connectivity index (χ3n) is 4.06. The average molecular weight is 457 g/mol. The van der Waals surface area contributed by atoms with Crippen LogP contribution in [0.2, 0.25) is 0 Å². The van der Waals surface area contributed by atoms with Crippen molar-refractivity contribution < 1.29 is 24.5 Å². The molecule has 2 rings (SSSR count). The lowest BCUT2D eigenvalue weighted by Crippen LogP contribution is -2.15. The van der Waals surface area contributed by atoms with Crippen LogP contribution in [0, 0.1) is 0 Å². The van der Waals surface area contributed by atoms with Crippen LogP contribution in [-0.4, -0.2) is 44.9 Å². The molecule has 168 valence electrons. The molecule has 3 N–H and O–H groups in total. The number of rotatable bonds is 8. The molecule has 0 spiro atoms. The first-order chi connectivity index (χ1) is 15.2. The van der Waals surface area contributed by atoms with E-state index >= 15 is 0 Å². The zero-order chi connectivity index (χ0) is 23.7. The van der Waals surface area contributed by atoms with E-state index in [-0.39, 0.29) is 28.9 Å². The smallest absolute Gasteiger partial charge is 0.374 e. The summed E-state index contributed by atoms with van der Waals surface area (Å²) in [5, 5.41) is 28.3. The van der Waals surface area contributed by atoms with Gasteiger partial charge in [0.25, 0.3) is 0 Å². The van der Waals surface area contributed by atoms with Crippen LogP contribution < -0.4 is 0 Å². The molecular formula is C22H24N4O5S. The van der Waals surface area contributed by atoms with Gasteiger partial charge in [0.2, 0.25) is 16.8 Å². The quantitative estimate of drug-likeness (QED) is 0.0972. The van der Waals surface area contributed by atoms with E-state index in [1.54, 1.807) is 38.1 Å². The first kappa shape index (κ1) is 24.6. The largest absolute Gasteiger partial charge is 0.501 e. The summed E-state index contributed by atoms with van der Waals surface area (Å²) >= 11 is 5.03. The molecule has 0 amide bonds. The topological polar surface area (TPSA) is 137 Å². The molecule has 0 bridgehead atoms. The number of nitrogens with one attached hydrogen (secondary N) is 1. The lowest BCUT2D eigenvalue weighted by Gasteiger charge is -2.05. The Labute approximate surface area is 190 Å². The highest BCUT2D eigenvalue weighted by molar-refractivity contribution is 7.80. The van der Waals surface area contributed by atoms with Crippen molar-refractivity contribution in [3.63, 3.8) is 0 Å². The number of aromatic amines is 1. The number of ketones is 1. The highest BCUT2D eigenvalue weighted by Crippen LogP contribution is 2.35. The van der Waals surface area contributed by atoms with Crippen LogP contribution in [-0.2, 0) is 14.3 Å². The van der Waals surface area contributed by atoms with E-state index in [1.165, 1.54) is 6.08 Å². The molecule has 10 heteroatoms. The van der Waals surface area contributed by atoms with Gasteiger partial charge < -0.3 is 19.9 Å². The monoisotopic (exact) mass is 456 g/mol. The first-order valence-electron chi connectivity index (χ1n) is 9.83. The molecule has 0 aliphatic rings. The van der Waals surface area contributed by atoms with Crippen molar-refractivity contribution >= 4 is 51.9 Å². The molecule has 1 heterocycles. The Morgan fingerprint density at radius 3 is 2.66 bits per heavy atom. The average Bonchev–Trinajstić information content (AvgIpc) is 3.06. The normalized spacial score (nSPS) is 12.2. The summed E-state index contributed by atoms with van der Waals surface area (Å²) in [4.78, 5) is 31.1. The van der Waals surface area contributed by atoms with E-state index in [4.69, 9.17) is 17.0 Å². The molecule has 0 radical (unpaired) electrons. The molecule has 0 aliphatic heterocycles. The van der Waals surface area contributed by atoms with Crippen molar-refractivity contribution in [3.8, 4) is 5.88 Å². The van der Waals surface area contributed by atoms with E-state index in [2.05, 4.69) is 20.2 Å². The molecule has 0 saturated carbocycles. The van der Waals surface area contributed by atoms with Crippen molar-refractivity contribution in [2.24, 2.45) is 15.2 Å². The maximum atomic E-state index is 12.4. The van der Waals surface area contributed by atoms with Crippen LogP contribution in [0.3, 0.4) is 0 Å². The summed E-state index contributed by atoms with van der Waals surface area (Å²) in [6.07, 6.45) is 3.60. The summed E-state index contributed by atoms with van der Waals surface area (Å²) in [5.74, 6) is -2.74. The zero-order valence-corrected chi connectivity index (χ0v) is 18.8. The number of fused-ring (bicyclic) bond motifs is 1. The minimum atomic E-state index is -1.04. The van der Waals surface area contributed by atoms with Crippen molar-refractivity contribution in [2.45, 2.75) is 33.6 Å². The number of azo groups is 1. The van der Waals surface area contributed by atoms with Crippen LogP contribution in [0.25, 0.3) is 10.9 Å². The number of esters is 1. The van der Waals surface area contributed by atoms with E-state index in [0.717, 1.165) is 12.6 Å². The van der Waals surface area contributed by atoms with Gasteiger partial charge in [0.15, 0.2) is 11.5 Å². The second-order valence-electron chi connectivity index (χ2n) is 6.95. The maximum absolute atomic E-state index is 12.4. The molecule has 0 unspecified atom stereocenters. The molecule has 2 aromatic rings. The summed E-state index contributed by atoms with van der Waals surface area (Å²) in [5.41, 5.74) is 1.11. The summed E-state index contributed by atoms with van der Waals surface area (Å²) in [7, 11) is 0. The number of para-hydroxylation sites is 1. The second-order valence-corrected chi connectivity index (χ2v) is 7.31. The second kappa shape index (κ2) is 11.7. The predicted molar refractivity (Wildman–Crippen MR) is 126 cm³/mol. The number of aliphatic hydroxyl groups is 1. The Morgan fingerprint density at radius 2 is 1.97 bits per heavy atom. The number of aromatic hydroxyl groups is 1. The van der Waals surface area contributed by atoms with Crippen molar-refractivity contribution in [2.75, 3.05) is 6.61 Å². The predicted octanol–water partition coefficient (Wildman–Crippen LogP) is 5.00. The third kappa shape index (κ3) is 6.67. The SMILES string of the molecule is CCCCOC(=O)C(O)=C(C=NC(=S)N=Nc1c(O)[nH]c2ccccc12)C(=O)C=C(C)C. The Kier molecular flexibility index (Phi) is 8.96. The van der Waals surface area contributed by atoms with Crippen molar-refractivity contribution in [1.29, 1.82) is 0 Å². The lowest BCUT2D eigenvalue weighted by atomic mass is 10.1. The van der Waals surface area contributed by atoms with E-state index in [9.17, 15) is 19.8 Å². The third-order valence-corrected chi connectivity index (χ3v) is 4.25. The molecule has 9 nitrogen and oxygen atoms in total. The van der Waals surface area contributed by atoms with Crippen molar-refractivity contribution in [3.05, 3.63) is 47.2 Å². The Balaban J connectivity index is 2.27. The molecule has 1 aromatic carbocycles. The number of H-pyrrole nitrogens is 1. The number of allylic oxidation sites excluding steroid dienone is 3. The van der Waals surface area contributed by atoms with Crippen LogP contribution in [0.1, 0.15) is 33.6 Å². The Morgan fingerprint density at radius 1 is 1.25 bits per heavy atom. The van der Waals surface area contributed by atoms with Gasteiger partial charge in [-0.15, -0.1) is 10.2 Å². The zero-order valence-electron chi connectivity index (χ0n) is 18.0. The fourth-order valence-corrected chi connectivity index (χ4v) is 2.61. The van der Waals surface area contributed by atoms with Crippen LogP contribution in [0.4, 0.5) is 5.69 Å². The number of nitrogens with zero attached hydrogens (tertiary/aromatic N) is 3. The van der Waals surface area contributed by atoms with E-state index < -0.39 is 17.5 Å². The molecule has 0 fully saturated rings. The van der Waals surface area contributed by atoms with E-state index in [1.807, 2.05) is 6.92 Å². The highest BCUT2D eigenvalue weighted by atomic mass is 32.1. The van der Waals surface area contributed by atoms with Gasteiger partial charge in [0.1, 0.15) is 0 Å². The number of thiocarbonyl (C=S) groups is 1. The van der Waals surface area contributed by atoms with Gasteiger partial charge in [-0.3, -0.25) is 4.79 Å². The number of aliphatic hydroxyl groups excluding tert-OH is 1.